The predicted octanol–water partition coefficient (Wildman–Crippen LogP) is 0.267. The molecular weight excluding hydrogens is 208 g/mol. The predicted molar refractivity (Wildman–Crippen MR) is 61.2 cm³/mol. The molecule has 0 radical (unpaired) electrons. The molecule has 1 heterocycles. The molecule has 5 heteroatoms. The standard InChI is InChI=1S/C11H22N2O3/c1-2-3-4-10(15)9-13-6-5-12(7-8-14)11(13)16/h10,14-15H,2-9H2,1H3. The molecule has 1 saturated heterocycles. The molecule has 2 amide bonds. The van der Waals surface area contributed by atoms with Crippen molar-refractivity contribution in [3.05, 3.63) is 0 Å². The fourth-order valence-electron chi connectivity index (χ4n) is 1.92. The van der Waals surface area contributed by atoms with Crippen molar-refractivity contribution < 1.29 is 15.0 Å². The largest absolute Gasteiger partial charge is 0.395 e. The van der Waals surface area contributed by atoms with Crippen LogP contribution in [-0.2, 0) is 0 Å². The van der Waals surface area contributed by atoms with Gasteiger partial charge in [-0.3, -0.25) is 0 Å². The number of unbranched alkanes of at least 4 members (excludes halogenated alkanes) is 1. The maximum Gasteiger partial charge on any atom is 0.320 e. The van der Waals surface area contributed by atoms with E-state index in [-0.39, 0.29) is 12.6 Å². The molecule has 0 aliphatic carbocycles. The van der Waals surface area contributed by atoms with E-state index in [1.165, 1.54) is 0 Å². The zero-order valence-corrected chi connectivity index (χ0v) is 9.93. The van der Waals surface area contributed by atoms with Crippen LogP contribution in [0.4, 0.5) is 4.79 Å². The molecule has 0 saturated carbocycles. The average Bonchev–Trinajstić information content (AvgIpc) is 2.59. The van der Waals surface area contributed by atoms with E-state index in [0.29, 0.717) is 26.2 Å². The number of hydrogen-bond acceptors (Lipinski definition) is 3. The van der Waals surface area contributed by atoms with E-state index in [1.807, 2.05) is 0 Å². The van der Waals surface area contributed by atoms with Gasteiger partial charge in [-0.25, -0.2) is 4.79 Å². The Labute approximate surface area is 96.7 Å². The Balaban J connectivity index is 2.30. The van der Waals surface area contributed by atoms with E-state index in [2.05, 4.69) is 6.92 Å². The van der Waals surface area contributed by atoms with Crippen molar-refractivity contribution in [1.29, 1.82) is 0 Å². The highest BCUT2D eigenvalue weighted by Gasteiger charge is 2.28. The Morgan fingerprint density at radius 2 is 2.06 bits per heavy atom. The number of amides is 2. The summed E-state index contributed by atoms with van der Waals surface area (Å²) in [6.07, 6.45) is 2.38. The van der Waals surface area contributed by atoms with E-state index < -0.39 is 6.10 Å². The maximum atomic E-state index is 11.7. The maximum absolute atomic E-state index is 11.7. The lowest BCUT2D eigenvalue weighted by Crippen LogP contribution is -2.37. The number of carbonyl (C=O) groups is 1. The molecule has 1 unspecified atom stereocenters. The second-order valence-electron chi connectivity index (χ2n) is 4.24. The van der Waals surface area contributed by atoms with E-state index in [4.69, 9.17) is 5.11 Å². The van der Waals surface area contributed by atoms with Gasteiger partial charge in [-0.2, -0.15) is 0 Å². The van der Waals surface area contributed by atoms with Gasteiger partial charge in [0.25, 0.3) is 0 Å². The van der Waals surface area contributed by atoms with Crippen molar-refractivity contribution in [1.82, 2.24) is 9.80 Å². The number of nitrogens with zero attached hydrogens (tertiary/aromatic N) is 2. The zero-order valence-electron chi connectivity index (χ0n) is 9.93. The summed E-state index contributed by atoms with van der Waals surface area (Å²) in [6, 6.07) is -0.0652. The Kier molecular flexibility index (Phi) is 5.55. The van der Waals surface area contributed by atoms with Gasteiger partial charge in [-0.1, -0.05) is 19.8 Å². The highest BCUT2D eigenvalue weighted by Crippen LogP contribution is 2.10. The van der Waals surface area contributed by atoms with Crippen LogP contribution in [0.25, 0.3) is 0 Å². The lowest BCUT2D eigenvalue weighted by atomic mass is 10.1. The minimum absolute atomic E-state index is 0.00202. The molecule has 0 bridgehead atoms. The summed E-state index contributed by atoms with van der Waals surface area (Å²) in [5, 5.41) is 18.5. The molecule has 1 rings (SSSR count). The third kappa shape index (κ3) is 3.64. The van der Waals surface area contributed by atoms with Crippen molar-refractivity contribution in [2.75, 3.05) is 32.8 Å². The van der Waals surface area contributed by atoms with Crippen LogP contribution in [0.3, 0.4) is 0 Å². The molecule has 2 N–H and O–H groups in total. The summed E-state index contributed by atoms with van der Waals surface area (Å²) < 4.78 is 0. The second kappa shape index (κ2) is 6.70. The quantitative estimate of drug-likeness (QED) is 0.659. The molecular formula is C11H22N2O3. The second-order valence-corrected chi connectivity index (χ2v) is 4.24. The molecule has 1 aliphatic heterocycles. The molecule has 1 fully saturated rings. The van der Waals surface area contributed by atoms with Crippen molar-refractivity contribution in [2.24, 2.45) is 0 Å². The van der Waals surface area contributed by atoms with E-state index >= 15 is 0 Å². The molecule has 0 aromatic rings. The van der Waals surface area contributed by atoms with Crippen LogP contribution in [0.1, 0.15) is 26.2 Å². The fourth-order valence-corrected chi connectivity index (χ4v) is 1.92. The highest BCUT2D eigenvalue weighted by molar-refractivity contribution is 5.76. The van der Waals surface area contributed by atoms with Crippen LogP contribution in [-0.4, -0.2) is 64.9 Å². The first-order valence-electron chi connectivity index (χ1n) is 6.01. The van der Waals surface area contributed by atoms with Crippen molar-refractivity contribution in [3.8, 4) is 0 Å². The lowest BCUT2D eigenvalue weighted by molar-refractivity contribution is 0.117. The highest BCUT2D eigenvalue weighted by atomic mass is 16.3. The van der Waals surface area contributed by atoms with Crippen LogP contribution >= 0.6 is 0 Å². The average molecular weight is 230 g/mol. The minimum atomic E-state index is -0.419. The molecule has 0 aromatic carbocycles. The first kappa shape index (κ1) is 13.3. The van der Waals surface area contributed by atoms with Crippen LogP contribution in [0.2, 0.25) is 0 Å². The number of carbonyl (C=O) groups excluding carboxylic acids is 1. The van der Waals surface area contributed by atoms with Gasteiger partial charge in [0.15, 0.2) is 0 Å². The summed E-state index contributed by atoms with van der Waals surface area (Å²) in [6.45, 7) is 4.19. The number of rotatable bonds is 7. The van der Waals surface area contributed by atoms with Crippen LogP contribution in [0, 0.1) is 0 Å². The summed E-state index contributed by atoms with van der Waals surface area (Å²) in [5.41, 5.74) is 0. The van der Waals surface area contributed by atoms with E-state index in [9.17, 15) is 9.90 Å². The molecule has 5 nitrogen and oxygen atoms in total. The number of aliphatic hydroxyl groups excluding tert-OH is 2. The monoisotopic (exact) mass is 230 g/mol. The SMILES string of the molecule is CCCCC(O)CN1CCN(CCO)C1=O. The zero-order chi connectivity index (χ0) is 12.0. The third-order valence-corrected chi connectivity index (χ3v) is 2.87. The molecule has 16 heavy (non-hydrogen) atoms. The number of hydrogen-bond donors (Lipinski definition) is 2. The van der Waals surface area contributed by atoms with Gasteiger partial charge in [-0.15, -0.1) is 0 Å². The first-order valence-corrected chi connectivity index (χ1v) is 6.01. The minimum Gasteiger partial charge on any atom is -0.395 e. The Hall–Kier alpha value is -0.810. The van der Waals surface area contributed by atoms with Gasteiger partial charge in [0.2, 0.25) is 0 Å². The number of urea groups is 1. The first-order chi connectivity index (χ1) is 7.69. The summed E-state index contributed by atoms with van der Waals surface area (Å²) in [7, 11) is 0. The smallest absolute Gasteiger partial charge is 0.320 e. The Morgan fingerprint density at radius 3 is 2.69 bits per heavy atom. The number of β-amino-alcohol motifs (C(OH)–C–C–N with tert-alkyl or cyclic N) is 2. The van der Waals surface area contributed by atoms with Crippen LogP contribution < -0.4 is 0 Å². The molecule has 94 valence electrons. The topological polar surface area (TPSA) is 64.0 Å². The van der Waals surface area contributed by atoms with Gasteiger partial charge in [0, 0.05) is 26.2 Å². The summed E-state index contributed by atoms with van der Waals surface area (Å²) in [5.74, 6) is 0. The van der Waals surface area contributed by atoms with Gasteiger partial charge in [0.05, 0.1) is 12.7 Å². The lowest BCUT2D eigenvalue weighted by Gasteiger charge is -2.20. The van der Waals surface area contributed by atoms with Crippen LogP contribution in [0.5, 0.6) is 0 Å². The van der Waals surface area contributed by atoms with E-state index in [0.717, 1.165) is 19.3 Å². The normalized spacial score (nSPS) is 18.3. The van der Waals surface area contributed by atoms with Gasteiger partial charge < -0.3 is 20.0 Å². The fraction of sp³-hybridized carbons (Fsp3) is 0.909. The summed E-state index contributed by atoms with van der Waals surface area (Å²) in [4.78, 5) is 15.0. The van der Waals surface area contributed by atoms with Crippen molar-refractivity contribution in [2.45, 2.75) is 32.3 Å². The van der Waals surface area contributed by atoms with Crippen molar-refractivity contribution in [3.63, 3.8) is 0 Å². The molecule has 1 aliphatic rings. The van der Waals surface area contributed by atoms with Crippen LogP contribution in [0.15, 0.2) is 0 Å². The third-order valence-electron chi connectivity index (χ3n) is 2.87. The molecule has 1 atom stereocenters. The number of aliphatic hydroxyl groups is 2. The molecule has 0 aromatic heterocycles. The van der Waals surface area contributed by atoms with Gasteiger partial charge >= 0.3 is 6.03 Å². The van der Waals surface area contributed by atoms with E-state index in [1.54, 1.807) is 9.80 Å². The summed E-state index contributed by atoms with van der Waals surface area (Å²) >= 11 is 0. The van der Waals surface area contributed by atoms with Gasteiger partial charge in [-0.05, 0) is 6.42 Å². The van der Waals surface area contributed by atoms with Gasteiger partial charge in [0.1, 0.15) is 0 Å². The molecule has 0 spiro atoms. The Morgan fingerprint density at radius 1 is 1.38 bits per heavy atom. The Bertz CT molecular complexity index is 223. The van der Waals surface area contributed by atoms with Crippen molar-refractivity contribution >= 4 is 6.03 Å².